The Hall–Kier alpha value is -1.43. The topological polar surface area (TPSA) is 59.0 Å². The Kier molecular flexibility index (Phi) is 5.56. The van der Waals surface area contributed by atoms with E-state index in [0.717, 1.165) is 5.56 Å². The van der Waals surface area contributed by atoms with E-state index in [-0.39, 0.29) is 31.1 Å². The number of benzene rings is 1. The number of ether oxygens (including phenoxy) is 1. The molecule has 1 aliphatic rings. The minimum absolute atomic E-state index is 0.0121. The van der Waals surface area contributed by atoms with Crippen molar-refractivity contribution in [3.8, 4) is 0 Å². The number of hydrogen-bond acceptors (Lipinski definition) is 5. The summed E-state index contributed by atoms with van der Waals surface area (Å²) in [5.74, 6) is -0.429. The second kappa shape index (κ2) is 7.22. The molecule has 0 aliphatic carbocycles. The Bertz CT molecular complexity index is 489. The van der Waals surface area contributed by atoms with Crippen LogP contribution in [0.25, 0.3) is 0 Å². The first kappa shape index (κ1) is 16.9. The molecule has 1 aromatic carbocycles. The Morgan fingerprint density at radius 2 is 2.05 bits per heavy atom. The number of esters is 1. The summed E-state index contributed by atoms with van der Waals surface area (Å²) >= 11 is 0. The molecule has 0 spiro atoms. The van der Waals surface area contributed by atoms with Gasteiger partial charge in [-0.2, -0.15) is 5.06 Å². The monoisotopic (exact) mass is 307 g/mol. The van der Waals surface area contributed by atoms with Gasteiger partial charge in [0.25, 0.3) is 0 Å². The van der Waals surface area contributed by atoms with Crippen LogP contribution >= 0.6 is 0 Å². The van der Waals surface area contributed by atoms with E-state index in [0.29, 0.717) is 13.0 Å². The molecule has 0 saturated carbocycles. The fraction of sp³-hybridized carbons (Fsp3) is 0.588. The number of aliphatic hydroxyl groups excluding tert-OH is 1. The van der Waals surface area contributed by atoms with E-state index in [1.807, 2.05) is 49.2 Å². The molecule has 122 valence electrons. The van der Waals surface area contributed by atoms with Crippen LogP contribution in [-0.2, 0) is 14.4 Å². The number of carbonyl (C=O) groups excluding carboxylic acids is 1. The van der Waals surface area contributed by atoms with Gasteiger partial charge in [-0.25, -0.2) is 0 Å². The van der Waals surface area contributed by atoms with Crippen LogP contribution in [-0.4, -0.2) is 43.0 Å². The largest absolute Gasteiger partial charge is 0.465 e. The van der Waals surface area contributed by atoms with Gasteiger partial charge in [-0.05, 0) is 12.0 Å². The number of hydroxylamine groups is 2. The van der Waals surface area contributed by atoms with Crippen LogP contribution < -0.4 is 0 Å². The molecule has 22 heavy (non-hydrogen) atoms. The summed E-state index contributed by atoms with van der Waals surface area (Å²) in [7, 11) is 1.62. The van der Waals surface area contributed by atoms with Gasteiger partial charge in [0.15, 0.2) is 0 Å². The summed E-state index contributed by atoms with van der Waals surface area (Å²) in [4.78, 5) is 17.7. The van der Waals surface area contributed by atoms with Crippen molar-refractivity contribution in [2.75, 3.05) is 26.9 Å². The highest BCUT2D eigenvalue weighted by atomic mass is 16.7. The molecule has 0 amide bonds. The smallest absolute Gasteiger partial charge is 0.310 e. The maximum absolute atomic E-state index is 12.3. The number of carbonyl (C=O) groups is 1. The second-order valence-electron chi connectivity index (χ2n) is 6.57. The molecular weight excluding hydrogens is 282 g/mol. The average Bonchev–Trinajstić information content (AvgIpc) is 2.98. The number of aliphatic hydroxyl groups is 1. The lowest BCUT2D eigenvalue weighted by atomic mass is 9.96. The van der Waals surface area contributed by atoms with Gasteiger partial charge in [-0.3, -0.25) is 4.79 Å². The molecule has 1 heterocycles. The number of rotatable bonds is 6. The first-order valence-corrected chi connectivity index (χ1v) is 7.60. The summed E-state index contributed by atoms with van der Waals surface area (Å²) in [6.07, 6.45) is 0.677. The van der Waals surface area contributed by atoms with Crippen LogP contribution in [0.15, 0.2) is 30.3 Å². The maximum Gasteiger partial charge on any atom is 0.310 e. The Morgan fingerprint density at radius 3 is 2.64 bits per heavy atom. The molecule has 0 aromatic heterocycles. The lowest BCUT2D eigenvalue weighted by Crippen LogP contribution is -2.29. The van der Waals surface area contributed by atoms with Gasteiger partial charge in [-0.1, -0.05) is 44.2 Å². The van der Waals surface area contributed by atoms with Gasteiger partial charge >= 0.3 is 5.97 Å². The number of hydrogen-bond donors (Lipinski definition) is 1. The van der Waals surface area contributed by atoms with Crippen molar-refractivity contribution in [3.05, 3.63) is 35.9 Å². The van der Waals surface area contributed by atoms with E-state index in [1.165, 1.54) is 0 Å². The van der Waals surface area contributed by atoms with E-state index in [2.05, 4.69) is 0 Å². The summed E-state index contributed by atoms with van der Waals surface area (Å²) in [6, 6.07) is 10.1. The highest BCUT2D eigenvalue weighted by Crippen LogP contribution is 2.36. The van der Waals surface area contributed by atoms with Crippen molar-refractivity contribution in [1.29, 1.82) is 0 Å². The SMILES string of the molecule is CON1C[C@@H](C(=O)OCC(C)(C)CO)C[C@@H]1c1ccccc1. The van der Waals surface area contributed by atoms with Crippen molar-refractivity contribution < 1.29 is 19.5 Å². The van der Waals surface area contributed by atoms with Crippen molar-refractivity contribution >= 4 is 5.97 Å². The third-order valence-electron chi connectivity index (χ3n) is 4.04. The summed E-state index contributed by atoms with van der Waals surface area (Å²) < 4.78 is 5.38. The van der Waals surface area contributed by atoms with Gasteiger partial charge in [-0.15, -0.1) is 0 Å². The lowest BCUT2D eigenvalue weighted by Gasteiger charge is -2.22. The zero-order valence-electron chi connectivity index (χ0n) is 13.5. The third kappa shape index (κ3) is 4.06. The van der Waals surface area contributed by atoms with Crippen LogP contribution in [0.5, 0.6) is 0 Å². The molecule has 2 atom stereocenters. The quantitative estimate of drug-likeness (QED) is 0.816. The molecule has 2 rings (SSSR count). The molecule has 0 unspecified atom stereocenters. The van der Waals surface area contributed by atoms with Gasteiger partial charge in [0.1, 0.15) is 0 Å². The molecule has 5 heteroatoms. The van der Waals surface area contributed by atoms with Gasteiger partial charge < -0.3 is 14.7 Å². The van der Waals surface area contributed by atoms with E-state index < -0.39 is 5.41 Å². The molecule has 1 fully saturated rings. The average molecular weight is 307 g/mol. The molecule has 1 aromatic rings. The fourth-order valence-corrected chi connectivity index (χ4v) is 2.59. The standard InChI is InChI=1S/C17H25NO4/c1-17(2,11-19)12-22-16(20)14-9-15(18(10-14)21-3)13-7-5-4-6-8-13/h4-8,14-15,19H,9-12H2,1-3H3/t14-,15+/m0/s1. The van der Waals surface area contributed by atoms with Crippen molar-refractivity contribution in [1.82, 2.24) is 5.06 Å². The molecule has 1 N–H and O–H groups in total. The molecule has 0 radical (unpaired) electrons. The Labute approximate surface area is 131 Å². The van der Waals surface area contributed by atoms with Crippen LogP contribution in [0.1, 0.15) is 31.9 Å². The van der Waals surface area contributed by atoms with Crippen molar-refractivity contribution in [3.63, 3.8) is 0 Å². The minimum Gasteiger partial charge on any atom is -0.465 e. The van der Waals surface area contributed by atoms with Gasteiger partial charge in [0.05, 0.1) is 32.3 Å². The Morgan fingerprint density at radius 1 is 1.36 bits per heavy atom. The Balaban J connectivity index is 1.98. The zero-order chi connectivity index (χ0) is 16.2. The highest BCUT2D eigenvalue weighted by Gasteiger charge is 2.38. The summed E-state index contributed by atoms with van der Waals surface area (Å²) in [5, 5.41) is 11.1. The highest BCUT2D eigenvalue weighted by molar-refractivity contribution is 5.73. The van der Waals surface area contributed by atoms with Crippen LogP contribution in [0.2, 0.25) is 0 Å². The number of nitrogens with zero attached hydrogens (tertiary/aromatic N) is 1. The van der Waals surface area contributed by atoms with Crippen molar-refractivity contribution in [2.24, 2.45) is 11.3 Å². The predicted molar refractivity (Wildman–Crippen MR) is 82.8 cm³/mol. The van der Waals surface area contributed by atoms with Crippen molar-refractivity contribution in [2.45, 2.75) is 26.3 Å². The molecule has 0 bridgehead atoms. The molecule has 5 nitrogen and oxygen atoms in total. The third-order valence-corrected chi connectivity index (χ3v) is 4.04. The van der Waals surface area contributed by atoms with Gasteiger partial charge in [0.2, 0.25) is 0 Å². The van der Waals surface area contributed by atoms with Crippen LogP contribution in [0.3, 0.4) is 0 Å². The predicted octanol–water partition coefficient (Wildman–Crippen LogP) is 2.17. The summed E-state index contributed by atoms with van der Waals surface area (Å²) in [5.41, 5.74) is 0.726. The molecular formula is C17H25NO4. The normalized spacial score (nSPS) is 22.7. The first-order chi connectivity index (χ1) is 10.5. The van der Waals surface area contributed by atoms with E-state index >= 15 is 0 Å². The lowest BCUT2D eigenvalue weighted by molar-refractivity contribution is -0.158. The minimum atomic E-state index is -0.409. The second-order valence-corrected chi connectivity index (χ2v) is 6.57. The zero-order valence-corrected chi connectivity index (χ0v) is 13.5. The van der Waals surface area contributed by atoms with E-state index in [4.69, 9.17) is 9.57 Å². The molecule has 1 aliphatic heterocycles. The summed E-state index contributed by atoms with van der Waals surface area (Å²) in [6.45, 7) is 4.46. The maximum atomic E-state index is 12.3. The first-order valence-electron chi connectivity index (χ1n) is 7.60. The fourth-order valence-electron chi connectivity index (χ4n) is 2.59. The van der Waals surface area contributed by atoms with E-state index in [9.17, 15) is 9.90 Å². The van der Waals surface area contributed by atoms with Crippen LogP contribution in [0.4, 0.5) is 0 Å². The van der Waals surface area contributed by atoms with Crippen LogP contribution in [0, 0.1) is 11.3 Å². The van der Waals surface area contributed by atoms with E-state index in [1.54, 1.807) is 7.11 Å². The van der Waals surface area contributed by atoms with Gasteiger partial charge in [0, 0.05) is 12.0 Å². The molecule has 1 saturated heterocycles.